The van der Waals surface area contributed by atoms with Crippen molar-refractivity contribution in [1.29, 1.82) is 0 Å². The Labute approximate surface area is 149 Å². The molecular formula is C20H27N3O2. The molecule has 25 heavy (non-hydrogen) atoms. The number of aryl methyl sites for hydroxylation is 1. The third kappa shape index (κ3) is 4.79. The summed E-state index contributed by atoms with van der Waals surface area (Å²) in [6, 6.07) is 9.89. The van der Waals surface area contributed by atoms with Gasteiger partial charge in [-0.3, -0.25) is 4.79 Å². The summed E-state index contributed by atoms with van der Waals surface area (Å²) in [5.41, 5.74) is 3.81. The lowest BCUT2D eigenvalue weighted by molar-refractivity contribution is -0.117. The molecule has 5 heteroatoms. The number of amides is 1. The maximum atomic E-state index is 12.2. The molecule has 0 aliphatic carbocycles. The number of aliphatic hydroxyl groups excluding tert-OH is 1. The lowest BCUT2D eigenvalue weighted by Gasteiger charge is -2.20. The predicted octanol–water partition coefficient (Wildman–Crippen LogP) is 3.03. The minimum absolute atomic E-state index is 0.0311. The van der Waals surface area contributed by atoms with Crippen LogP contribution >= 0.6 is 0 Å². The van der Waals surface area contributed by atoms with Gasteiger partial charge in [-0.25, -0.2) is 4.68 Å². The van der Waals surface area contributed by atoms with E-state index < -0.39 is 0 Å². The number of nitrogens with zero attached hydrogens (tertiary/aromatic N) is 2. The molecule has 0 aliphatic rings. The molecule has 0 radical (unpaired) electrons. The van der Waals surface area contributed by atoms with Crippen molar-refractivity contribution < 1.29 is 9.90 Å². The number of hydrogen-bond donors (Lipinski definition) is 2. The third-order valence-electron chi connectivity index (χ3n) is 4.32. The summed E-state index contributed by atoms with van der Waals surface area (Å²) in [6.45, 7) is 8.06. The van der Waals surface area contributed by atoms with Crippen molar-refractivity contribution in [3.8, 4) is 5.69 Å². The molecule has 0 fully saturated rings. The molecule has 2 rings (SSSR count). The van der Waals surface area contributed by atoms with E-state index in [2.05, 4.69) is 10.4 Å². The number of rotatable bonds is 7. The largest absolute Gasteiger partial charge is 0.396 e. The van der Waals surface area contributed by atoms with Crippen molar-refractivity contribution in [2.75, 3.05) is 6.61 Å². The topological polar surface area (TPSA) is 67.2 Å². The van der Waals surface area contributed by atoms with E-state index in [1.54, 1.807) is 6.08 Å². The zero-order chi connectivity index (χ0) is 18.4. The molecule has 1 aromatic carbocycles. The number of hydrogen-bond acceptors (Lipinski definition) is 3. The van der Waals surface area contributed by atoms with Crippen LogP contribution in [-0.2, 0) is 4.79 Å². The first-order valence-electron chi connectivity index (χ1n) is 8.65. The lowest BCUT2D eigenvalue weighted by atomic mass is 10.0. The molecule has 1 atom stereocenters. The Kier molecular flexibility index (Phi) is 6.53. The minimum Gasteiger partial charge on any atom is -0.396 e. The van der Waals surface area contributed by atoms with Gasteiger partial charge in [0.1, 0.15) is 0 Å². The summed E-state index contributed by atoms with van der Waals surface area (Å²) in [5.74, 6) is 0.118. The van der Waals surface area contributed by atoms with Gasteiger partial charge in [0.15, 0.2) is 0 Å². The molecule has 0 spiro atoms. The van der Waals surface area contributed by atoms with Crippen LogP contribution in [0.3, 0.4) is 0 Å². The minimum atomic E-state index is -0.154. The molecule has 2 N–H and O–H groups in total. The van der Waals surface area contributed by atoms with Gasteiger partial charge in [0.25, 0.3) is 0 Å². The highest BCUT2D eigenvalue weighted by Crippen LogP contribution is 2.19. The van der Waals surface area contributed by atoms with Gasteiger partial charge in [-0.05, 0) is 44.4 Å². The highest BCUT2D eigenvalue weighted by atomic mass is 16.3. The van der Waals surface area contributed by atoms with Crippen LogP contribution < -0.4 is 5.32 Å². The van der Waals surface area contributed by atoms with Gasteiger partial charge >= 0.3 is 0 Å². The van der Waals surface area contributed by atoms with Gasteiger partial charge in [0, 0.05) is 30.0 Å². The number of aliphatic hydroxyl groups is 1. The first-order valence-corrected chi connectivity index (χ1v) is 8.65. The molecule has 0 bridgehead atoms. The molecule has 0 saturated heterocycles. The molecule has 134 valence electrons. The molecule has 1 unspecified atom stereocenters. The van der Waals surface area contributed by atoms with Crippen molar-refractivity contribution in [3.05, 3.63) is 53.4 Å². The number of carbonyl (C=O) groups excluding carboxylic acids is 1. The quantitative estimate of drug-likeness (QED) is 0.761. The summed E-state index contributed by atoms with van der Waals surface area (Å²) in [5, 5.41) is 16.6. The molecule has 1 amide bonds. The Morgan fingerprint density at radius 3 is 2.56 bits per heavy atom. The van der Waals surface area contributed by atoms with E-state index in [-0.39, 0.29) is 24.5 Å². The van der Waals surface area contributed by atoms with Gasteiger partial charge in [-0.15, -0.1) is 0 Å². The highest BCUT2D eigenvalue weighted by molar-refractivity contribution is 5.92. The normalized spacial score (nSPS) is 12.7. The van der Waals surface area contributed by atoms with E-state index in [1.807, 2.05) is 68.8 Å². The zero-order valence-corrected chi connectivity index (χ0v) is 15.4. The number of benzene rings is 1. The van der Waals surface area contributed by atoms with Crippen LogP contribution in [0.1, 0.15) is 37.2 Å². The van der Waals surface area contributed by atoms with Gasteiger partial charge in [-0.2, -0.15) is 5.10 Å². The second-order valence-corrected chi connectivity index (χ2v) is 6.54. The van der Waals surface area contributed by atoms with Gasteiger partial charge in [-0.1, -0.05) is 32.0 Å². The van der Waals surface area contributed by atoms with Gasteiger partial charge in [0.2, 0.25) is 5.91 Å². The van der Waals surface area contributed by atoms with Crippen LogP contribution in [-0.4, -0.2) is 33.4 Å². The Balaban J connectivity index is 2.16. The summed E-state index contributed by atoms with van der Waals surface area (Å²) in [7, 11) is 0. The Morgan fingerprint density at radius 2 is 1.96 bits per heavy atom. The first-order chi connectivity index (χ1) is 11.9. The van der Waals surface area contributed by atoms with E-state index in [0.29, 0.717) is 6.42 Å². The maximum Gasteiger partial charge on any atom is 0.244 e. The van der Waals surface area contributed by atoms with E-state index in [0.717, 1.165) is 22.6 Å². The van der Waals surface area contributed by atoms with Crippen LogP contribution in [0.2, 0.25) is 0 Å². The summed E-state index contributed by atoms with van der Waals surface area (Å²) in [4.78, 5) is 12.2. The van der Waals surface area contributed by atoms with Crippen LogP contribution in [0.15, 0.2) is 36.4 Å². The smallest absolute Gasteiger partial charge is 0.244 e. The van der Waals surface area contributed by atoms with Crippen molar-refractivity contribution >= 4 is 12.0 Å². The summed E-state index contributed by atoms with van der Waals surface area (Å²) in [6.07, 6.45) is 3.91. The van der Waals surface area contributed by atoms with Crippen LogP contribution in [0, 0.1) is 19.8 Å². The van der Waals surface area contributed by atoms with E-state index >= 15 is 0 Å². The lowest BCUT2D eigenvalue weighted by Crippen LogP contribution is -2.38. The number of para-hydroxylation sites is 1. The van der Waals surface area contributed by atoms with Crippen molar-refractivity contribution in [1.82, 2.24) is 15.1 Å². The fraction of sp³-hybridized carbons (Fsp3) is 0.400. The van der Waals surface area contributed by atoms with E-state index in [4.69, 9.17) is 5.11 Å². The SMILES string of the molecule is Cc1nn(-c2ccccc2)c(C)c1/C=C/C(=O)NC(CCO)C(C)C. The fourth-order valence-corrected chi connectivity index (χ4v) is 2.82. The summed E-state index contributed by atoms with van der Waals surface area (Å²) < 4.78 is 1.88. The second kappa shape index (κ2) is 8.62. The first kappa shape index (κ1) is 18.9. The number of carbonyl (C=O) groups is 1. The van der Waals surface area contributed by atoms with Crippen molar-refractivity contribution in [2.24, 2.45) is 5.92 Å². The monoisotopic (exact) mass is 341 g/mol. The van der Waals surface area contributed by atoms with Crippen LogP contribution in [0.4, 0.5) is 0 Å². The van der Waals surface area contributed by atoms with Crippen LogP contribution in [0.5, 0.6) is 0 Å². The average Bonchev–Trinajstić information content (AvgIpc) is 2.87. The molecule has 0 aliphatic heterocycles. The average molecular weight is 341 g/mol. The fourth-order valence-electron chi connectivity index (χ4n) is 2.82. The van der Waals surface area contributed by atoms with E-state index in [1.165, 1.54) is 0 Å². The Bertz CT molecular complexity index is 733. The molecule has 1 aromatic heterocycles. The van der Waals surface area contributed by atoms with Gasteiger partial charge < -0.3 is 10.4 Å². The zero-order valence-electron chi connectivity index (χ0n) is 15.4. The van der Waals surface area contributed by atoms with Gasteiger partial charge in [0.05, 0.1) is 11.4 Å². The highest BCUT2D eigenvalue weighted by Gasteiger charge is 2.15. The van der Waals surface area contributed by atoms with Crippen molar-refractivity contribution in [3.63, 3.8) is 0 Å². The predicted molar refractivity (Wildman–Crippen MR) is 101 cm³/mol. The Hall–Kier alpha value is -2.40. The van der Waals surface area contributed by atoms with E-state index in [9.17, 15) is 4.79 Å². The van der Waals surface area contributed by atoms with Crippen LogP contribution in [0.25, 0.3) is 11.8 Å². The molecular weight excluding hydrogens is 314 g/mol. The second-order valence-electron chi connectivity index (χ2n) is 6.54. The number of aromatic nitrogens is 2. The summed E-state index contributed by atoms with van der Waals surface area (Å²) >= 11 is 0. The standard InChI is InChI=1S/C20H27N3O2/c1-14(2)19(12-13-24)21-20(25)11-10-18-15(3)22-23(16(18)4)17-8-6-5-7-9-17/h5-11,14,19,24H,12-13H2,1-4H3,(H,21,25)/b11-10+. The number of nitrogens with one attached hydrogen (secondary N) is 1. The molecule has 2 aromatic rings. The molecule has 0 saturated carbocycles. The maximum absolute atomic E-state index is 12.2. The van der Waals surface area contributed by atoms with Crippen molar-refractivity contribution in [2.45, 2.75) is 40.2 Å². The Morgan fingerprint density at radius 1 is 1.28 bits per heavy atom. The molecule has 1 heterocycles. The third-order valence-corrected chi connectivity index (χ3v) is 4.32. The molecule has 5 nitrogen and oxygen atoms in total.